The largest absolute Gasteiger partial charge is 0.198 e. The van der Waals surface area contributed by atoms with Gasteiger partial charge in [-0.15, -0.1) is 0 Å². The number of nitrogens with zero attached hydrogens (tertiary/aromatic N) is 1. The molecule has 1 nitrogen and oxygen atoms in total. The third-order valence-electron chi connectivity index (χ3n) is 3.48. The molecule has 0 N–H and O–H groups in total. The maximum absolute atomic E-state index is 8.99. The van der Waals surface area contributed by atoms with E-state index in [1.54, 1.807) is 6.07 Å². The van der Waals surface area contributed by atoms with Gasteiger partial charge in [0.25, 0.3) is 0 Å². The number of benzene rings is 1. The van der Waals surface area contributed by atoms with Gasteiger partial charge in [0.2, 0.25) is 0 Å². The molecule has 1 aromatic rings. The monoisotopic (exact) mass is 253 g/mol. The van der Waals surface area contributed by atoms with Gasteiger partial charge in [0.1, 0.15) is 0 Å². The first-order valence-corrected chi connectivity index (χ1v) is 6.26. The van der Waals surface area contributed by atoms with Gasteiger partial charge in [0, 0.05) is 21.9 Å². The van der Waals surface area contributed by atoms with Crippen LogP contribution in [0.5, 0.6) is 0 Å². The lowest BCUT2D eigenvalue weighted by Crippen LogP contribution is -2.21. The number of rotatable bonds is 2. The predicted molar refractivity (Wildman–Crippen MR) is 66.8 cm³/mol. The molecule has 0 amide bonds. The molecule has 0 aromatic heterocycles. The van der Waals surface area contributed by atoms with Gasteiger partial charge in [-0.2, -0.15) is 5.26 Å². The number of hydrogen-bond acceptors (Lipinski definition) is 1. The Morgan fingerprint density at radius 1 is 1.25 bits per heavy atom. The fourth-order valence-corrected chi connectivity index (χ4v) is 3.14. The van der Waals surface area contributed by atoms with E-state index < -0.39 is 0 Å². The van der Waals surface area contributed by atoms with Crippen molar-refractivity contribution in [1.82, 2.24) is 0 Å². The van der Waals surface area contributed by atoms with Crippen molar-refractivity contribution < 1.29 is 0 Å². The van der Waals surface area contributed by atoms with Crippen LogP contribution in [0.2, 0.25) is 10.0 Å². The van der Waals surface area contributed by atoms with Crippen LogP contribution < -0.4 is 0 Å². The van der Waals surface area contributed by atoms with Crippen molar-refractivity contribution in [1.29, 1.82) is 5.26 Å². The Kier molecular flexibility index (Phi) is 3.42. The summed E-state index contributed by atoms with van der Waals surface area (Å²) in [5.74, 6) is 0. The van der Waals surface area contributed by atoms with E-state index >= 15 is 0 Å². The van der Waals surface area contributed by atoms with Crippen molar-refractivity contribution in [2.45, 2.75) is 37.5 Å². The molecule has 1 fully saturated rings. The van der Waals surface area contributed by atoms with Crippen molar-refractivity contribution in [3.8, 4) is 6.07 Å². The quantitative estimate of drug-likeness (QED) is 0.749. The highest BCUT2D eigenvalue weighted by Gasteiger charge is 2.37. The molecular weight excluding hydrogens is 241 g/mol. The smallest absolute Gasteiger partial charge is 0.0631 e. The van der Waals surface area contributed by atoms with Gasteiger partial charge in [-0.05, 0) is 36.6 Å². The van der Waals surface area contributed by atoms with Crippen LogP contribution >= 0.6 is 23.2 Å². The van der Waals surface area contributed by atoms with E-state index in [0.717, 1.165) is 23.4 Å². The highest BCUT2D eigenvalue weighted by atomic mass is 35.5. The summed E-state index contributed by atoms with van der Waals surface area (Å²) in [4.78, 5) is 0. The molecule has 0 heterocycles. The van der Waals surface area contributed by atoms with Crippen LogP contribution in [0.4, 0.5) is 0 Å². The molecule has 0 spiro atoms. The van der Waals surface area contributed by atoms with E-state index in [2.05, 4.69) is 6.07 Å². The molecule has 2 rings (SSSR count). The van der Waals surface area contributed by atoms with Crippen molar-refractivity contribution in [2.75, 3.05) is 0 Å². The normalized spacial score (nSPS) is 18.3. The second kappa shape index (κ2) is 4.65. The number of halogens is 2. The second-order valence-corrected chi connectivity index (χ2v) is 5.29. The highest BCUT2D eigenvalue weighted by molar-refractivity contribution is 6.33. The van der Waals surface area contributed by atoms with Gasteiger partial charge in [0.05, 0.1) is 6.07 Å². The van der Waals surface area contributed by atoms with Gasteiger partial charge >= 0.3 is 0 Å². The molecule has 1 aliphatic carbocycles. The third-order valence-corrected chi connectivity index (χ3v) is 4.04. The standard InChI is InChI=1S/C13H13Cl2N/c14-10-3-4-12(15)11(9-10)13(7-8-16)5-1-2-6-13/h3-4,9H,1-2,5-7H2. The molecule has 3 heteroatoms. The zero-order chi connectivity index (χ0) is 11.6. The SMILES string of the molecule is N#CCC1(c2cc(Cl)ccc2Cl)CCCC1. The molecule has 0 radical (unpaired) electrons. The first-order valence-electron chi connectivity index (χ1n) is 5.50. The Morgan fingerprint density at radius 2 is 1.94 bits per heavy atom. The third kappa shape index (κ3) is 2.05. The summed E-state index contributed by atoms with van der Waals surface area (Å²) in [6.07, 6.45) is 4.96. The van der Waals surface area contributed by atoms with Crippen LogP contribution in [0.3, 0.4) is 0 Å². The van der Waals surface area contributed by atoms with Gasteiger partial charge in [-0.1, -0.05) is 36.0 Å². The van der Waals surface area contributed by atoms with Gasteiger partial charge < -0.3 is 0 Å². The summed E-state index contributed by atoms with van der Waals surface area (Å²) in [6.45, 7) is 0. The van der Waals surface area contributed by atoms with Crippen LogP contribution in [0.25, 0.3) is 0 Å². The van der Waals surface area contributed by atoms with Crippen molar-refractivity contribution in [3.05, 3.63) is 33.8 Å². The Morgan fingerprint density at radius 3 is 2.56 bits per heavy atom. The Labute approximate surface area is 106 Å². The van der Waals surface area contributed by atoms with Crippen molar-refractivity contribution >= 4 is 23.2 Å². The Balaban J connectivity index is 2.47. The molecule has 1 aromatic carbocycles. The predicted octanol–water partition coefficient (Wildman–Crippen LogP) is 4.72. The molecule has 84 valence electrons. The molecule has 0 saturated heterocycles. The average molecular weight is 254 g/mol. The molecule has 16 heavy (non-hydrogen) atoms. The van der Waals surface area contributed by atoms with E-state index in [9.17, 15) is 0 Å². The molecule has 0 aliphatic heterocycles. The first kappa shape index (κ1) is 11.8. The summed E-state index contributed by atoms with van der Waals surface area (Å²) in [5.41, 5.74) is 0.997. The molecule has 1 saturated carbocycles. The zero-order valence-corrected chi connectivity index (χ0v) is 10.5. The van der Waals surface area contributed by atoms with Crippen molar-refractivity contribution in [2.24, 2.45) is 0 Å². The van der Waals surface area contributed by atoms with Crippen molar-refractivity contribution in [3.63, 3.8) is 0 Å². The van der Waals surface area contributed by atoms with E-state index in [1.165, 1.54) is 12.8 Å². The van der Waals surface area contributed by atoms with Crippen LogP contribution in [0.15, 0.2) is 18.2 Å². The number of nitriles is 1. The van der Waals surface area contributed by atoms with Crippen LogP contribution in [0, 0.1) is 11.3 Å². The maximum atomic E-state index is 8.99. The fraction of sp³-hybridized carbons (Fsp3) is 0.462. The average Bonchev–Trinajstić information content (AvgIpc) is 2.72. The van der Waals surface area contributed by atoms with Crippen LogP contribution in [-0.2, 0) is 5.41 Å². The molecule has 1 aliphatic rings. The van der Waals surface area contributed by atoms with E-state index in [-0.39, 0.29) is 5.41 Å². The minimum absolute atomic E-state index is 0.0588. The molecule has 0 bridgehead atoms. The molecule has 0 unspecified atom stereocenters. The zero-order valence-electron chi connectivity index (χ0n) is 8.97. The molecule has 0 atom stereocenters. The minimum atomic E-state index is -0.0588. The lowest BCUT2D eigenvalue weighted by Gasteiger charge is -2.28. The summed E-state index contributed by atoms with van der Waals surface area (Å²) in [5, 5.41) is 10.4. The maximum Gasteiger partial charge on any atom is 0.0631 e. The lowest BCUT2D eigenvalue weighted by molar-refractivity contribution is 0.451. The Hall–Kier alpha value is -0.710. The summed E-state index contributed by atoms with van der Waals surface area (Å²) in [6, 6.07) is 7.84. The molecular formula is C13H13Cl2N. The summed E-state index contributed by atoms with van der Waals surface area (Å²) < 4.78 is 0. The van der Waals surface area contributed by atoms with E-state index in [1.807, 2.05) is 12.1 Å². The lowest BCUT2D eigenvalue weighted by atomic mass is 9.76. The first-order chi connectivity index (χ1) is 7.68. The van der Waals surface area contributed by atoms with E-state index in [4.69, 9.17) is 28.5 Å². The Bertz CT molecular complexity index is 428. The topological polar surface area (TPSA) is 23.8 Å². The van der Waals surface area contributed by atoms with Crippen LogP contribution in [0.1, 0.15) is 37.7 Å². The van der Waals surface area contributed by atoms with Gasteiger partial charge in [0.15, 0.2) is 0 Å². The van der Waals surface area contributed by atoms with Crippen LogP contribution in [-0.4, -0.2) is 0 Å². The minimum Gasteiger partial charge on any atom is -0.198 e. The summed E-state index contributed by atoms with van der Waals surface area (Å²) in [7, 11) is 0. The van der Waals surface area contributed by atoms with Gasteiger partial charge in [-0.3, -0.25) is 0 Å². The van der Waals surface area contributed by atoms with E-state index in [0.29, 0.717) is 11.4 Å². The summed E-state index contributed by atoms with van der Waals surface area (Å²) >= 11 is 12.2. The second-order valence-electron chi connectivity index (χ2n) is 4.45. The number of hydrogen-bond donors (Lipinski definition) is 0. The highest BCUT2D eigenvalue weighted by Crippen LogP contribution is 2.46. The van der Waals surface area contributed by atoms with Gasteiger partial charge in [-0.25, -0.2) is 0 Å². The fourth-order valence-electron chi connectivity index (χ4n) is 2.65.